The first-order chi connectivity index (χ1) is 11.4. The molecule has 3 aromatic rings. The van der Waals surface area contributed by atoms with E-state index in [0.29, 0.717) is 15.7 Å². The molecule has 0 aliphatic rings. The molecule has 3 rings (SSSR count). The molecule has 122 valence electrons. The second-order valence-electron chi connectivity index (χ2n) is 5.47. The van der Waals surface area contributed by atoms with Crippen LogP contribution in [0.5, 0.6) is 0 Å². The van der Waals surface area contributed by atoms with Gasteiger partial charge in [-0.15, -0.1) is 0 Å². The lowest BCUT2D eigenvalue weighted by Crippen LogP contribution is -2.13. The zero-order valence-electron chi connectivity index (χ0n) is 13.2. The Morgan fingerprint density at radius 3 is 2.62 bits per heavy atom. The lowest BCUT2D eigenvalue weighted by atomic mass is 10.2. The molecule has 24 heavy (non-hydrogen) atoms. The number of hydrogen-bond donors (Lipinski definition) is 1. The quantitative estimate of drug-likeness (QED) is 0.711. The van der Waals surface area contributed by atoms with E-state index in [1.54, 1.807) is 6.07 Å². The average Bonchev–Trinajstić information content (AvgIpc) is 2.86. The highest BCUT2D eigenvalue weighted by molar-refractivity contribution is 9.10. The van der Waals surface area contributed by atoms with Crippen molar-refractivity contribution < 1.29 is 9.18 Å². The molecule has 6 heteroatoms. The van der Waals surface area contributed by atoms with E-state index in [1.807, 2.05) is 42.8 Å². The number of hydrogen-bond acceptors (Lipinski definition) is 2. The number of anilines is 1. The molecule has 0 aliphatic heterocycles. The third-order valence-corrected chi connectivity index (χ3v) is 4.19. The third kappa shape index (κ3) is 3.38. The van der Waals surface area contributed by atoms with Crippen LogP contribution < -0.4 is 5.32 Å². The van der Waals surface area contributed by atoms with Crippen molar-refractivity contribution in [3.8, 4) is 5.69 Å². The number of rotatable bonds is 3. The number of benzene rings is 2. The van der Waals surface area contributed by atoms with Gasteiger partial charge in [0.1, 0.15) is 5.82 Å². The molecule has 0 saturated carbocycles. The van der Waals surface area contributed by atoms with Crippen molar-refractivity contribution in [2.45, 2.75) is 13.8 Å². The SMILES string of the molecule is Cc1cc(C)n(-c2cccc(NC(=O)c3ccc(F)cc3Br)c2)n1. The van der Waals surface area contributed by atoms with Crippen LogP contribution in [0.4, 0.5) is 10.1 Å². The van der Waals surface area contributed by atoms with Crippen molar-refractivity contribution in [1.82, 2.24) is 9.78 Å². The zero-order valence-corrected chi connectivity index (χ0v) is 14.8. The topological polar surface area (TPSA) is 46.9 Å². The Morgan fingerprint density at radius 1 is 1.17 bits per heavy atom. The molecule has 2 aromatic carbocycles. The van der Waals surface area contributed by atoms with Gasteiger partial charge in [0.25, 0.3) is 5.91 Å². The molecule has 0 saturated heterocycles. The van der Waals surface area contributed by atoms with Gasteiger partial charge < -0.3 is 5.32 Å². The molecule has 0 bridgehead atoms. The van der Waals surface area contributed by atoms with Gasteiger partial charge in [-0.05, 0) is 72.2 Å². The predicted octanol–water partition coefficient (Wildman–Crippen LogP) is 4.64. The second-order valence-corrected chi connectivity index (χ2v) is 6.32. The van der Waals surface area contributed by atoms with Gasteiger partial charge in [-0.3, -0.25) is 4.79 Å². The molecule has 1 amide bonds. The van der Waals surface area contributed by atoms with E-state index in [4.69, 9.17) is 0 Å². The summed E-state index contributed by atoms with van der Waals surface area (Å²) in [5, 5.41) is 7.26. The highest BCUT2D eigenvalue weighted by Crippen LogP contribution is 2.21. The molecule has 1 N–H and O–H groups in total. The summed E-state index contributed by atoms with van der Waals surface area (Å²) in [7, 11) is 0. The number of nitrogens with one attached hydrogen (secondary N) is 1. The summed E-state index contributed by atoms with van der Waals surface area (Å²) in [6.07, 6.45) is 0. The van der Waals surface area contributed by atoms with Gasteiger partial charge >= 0.3 is 0 Å². The van der Waals surface area contributed by atoms with Crippen LogP contribution >= 0.6 is 15.9 Å². The van der Waals surface area contributed by atoms with Gasteiger partial charge in [-0.2, -0.15) is 5.10 Å². The fourth-order valence-corrected chi connectivity index (χ4v) is 3.01. The van der Waals surface area contributed by atoms with Crippen LogP contribution in [-0.2, 0) is 0 Å². The largest absolute Gasteiger partial charge is 0.322 e. The van der Waals surface area contributed by atoms with Crippen LogP contribution in [-0.4, -0.2) is 15.7 Å². The van der Waals surface area contributed by atoms with E-state index >= 15 is 0 Å². The van der Waals surface area contributed by atoms with Gasteiger partial charge in [-0.25, -0.2) is 9.07 Å². The first kappa shape index (κ1) is 16.4. The van der Waals surface area contributed by atoms with Crippen LogP contribution in [0.15, 0.2) is 53.0 Å². The first-order valence-corrected chi connectivity index (χ1v) is 8.13. The van der Waals surface area contributed by atoms with Crippen molar-refractivity contribution in [2.24, 2.45) is 0 Å². The normalized spacial score (nSPS) is 10.7. The minimum atomic E-state index is -0.398. The van der Waals surface area contributed by atoms with Crippen molar-refractivity contribution in [2.75, 3.05) is 5.32 Å². The molecule has 0 unspecified atom stereocenters. The van der Waals surface area contributed by atoms with Crippen LogP contribution in [0.1, 0.15) is 21.7 Å². The molecule has 0 atom stereocenters. The highest BCUT2D eigenvalue weighted by Gasteiger charge is 2.12. The summed E-state index contributed by atoms with van der Waals surface area (Å²) >= 11 is 3.21. The number of carbonyl (C=O) groups is 1. The zero-order chi connectivity index (χ0) is 17.3. The second kappa shape index (κ2) is 6.57. The minimum absolute atomic E-state index is 0.313. The molecule has 0 aliphatic carbocycles. The molecule has 4 nitrogen and oxygen atoms in total. The third-order valence-electron chi connectivity index (χ3n) is 3.53. The fraction of sp³-hybridized carbons (Fsp3) is 0.111. The monoisotopic (exact) mass is 387 g/mol. The van der Waals surface area contributed by atoms with E-state index in [0.717, 1.165) is 17.1 Å². The van der Waals surface area contributed by atoms with E-state index in [1.165, 1.54) is 18.2 Å². The Balaban J connectivity index is 1.87. The van der Waals surface area contributed by atoms with Crippen molar-refractivity contribution in [3.05, 3.63) is 75.8 Å². The van der Waals surface area contributed by atoms with E-state index in [2.05, 4.69) is 26.3 Å². The molecular weight excluding hydrogens is 373 g/mol. The molecule has 1 heterocycles. The van der Waals surface area contributed by atoms with Crippen LogP contribution in [0.25, 0.3) is 5.69 Å². The summed E-state index contributed by atoms with van der Waals surface area (Å²) in [5.41, 5.74) is 3.81. The first-order valence-electron chi connectivity index (χ1n) is 7.34. The standard InChI is InChI=1S/C18H15BrFN3O/c1-11-8-12(2)23(22-11)15-5-3-4-14(10-15)21-18(24)16-7-6-13(20)9-17(16)19/h3-10H,1-2H3,(H,21,24). The number of halogens is 2. The molecule has 0 radical (unpaired) electrons. The van der Waals surface area contributed by atoms with Crippen LogP contribution in [0, 0.1) is 19.7 Å². The summed E-state index contributed by atoms with van der Waals surface area (Å²) in [6, 6.07) is 13.4. The Labute approximate surface area is 147 Å². The average molecular weight is 388 g/mol. The van der Waals surface area contributed by atoms with Gasteiger partial charge in [0, 0.05) is 15.9 Å². The van der Waals surface area contributed by atoms with Crippen LogP contribution in [0.2, 0.25) is 0 Å². The fourth-order valence-electron chi connectivity index (χ4n) is 2.48. The lowest BCUT2D eigenvalue weighted by molar-refractivity contribution is 0.102. The van der Waals surface area contributed by atoms with Crippen molar-refractivity contribution >= 4 is 27.5 Å². The number of aryl methyl sites for hydroxylation is 2. The number of aromatic nitrogens is 2. The molecule has 0 spiro atoms. The number of amides is 1. The number of carbonyl (C=O) groups excluding carboxylic acids is 1. The van der Waals surface area contributed by atoms with Gasteiger partial charge in [-0.1, -0.05) is 6.07 Å². The van der Waals surface area contributed by atoms with Crippen molar-refractivity contribution in [1.29, 1.82) is 0 Å². The smallest absolute Gasteiger partial charge is 0.256 e. The van der Waals surface area contributed by atoms with Gasteiger partial charge in [0.2, 0.25) is 0 Å². The maximum absolute atomic E-state index is 13.1. The minimum Gasteiger partial charge on any atom is -0.322 e. The summed E-state index contributed by atoms with van der Waals surface area (Å²) < 4.78 is 15.4. The van der Waals surface area contributed by atoms with E-state index < -0.39 is 5.82 Å². The van der Waals surface area contributed by atoms with Gasteiger partial charge in [0.05, 0.1) is 16.9 Å². The van der Waals surface area contributed by atoms with Crippen LogP contribution in [0.3, 0.4) is 0 Å². The van der Waals surface area contributed by atoms with E-state index in [-0.39, 0.29) is 5.91 Å². The maximum atomic E-state index is 13.1. The molecule has 0 fully saturated rings. The summed E-state index contributed by atoms with van der Waals surface area (Å²) in [4.78, 5) is 12.4. The molecular formula is C18H15BrFN3O. The van der Waals surface area contributed by atoms with Crippen molar-refractivity contribution in [3.63, 3.8) is 0 Å². The number of nitrogens with zero attached hydrogens (tertiary/aromatic N) is 2. The molecule has 1 aromatic heterocycles. The Hall–Kier alpha value is -2.47. The maximum Gasteiger partial charge on any atom is 0.256 e. The Kier molecular flexibility index (Phi) is 4.49. The van der Waals surface area contributed by atoms with E-state index in [9.17, 15) is 9.18 Å². The van der Waals surface area contributed by atoms with Gasteiger partial charge in [0.15, 0.2) is 0 Å². The highest BCUT2D eigenvalue weighted by atomic mass is 79.9. The lowest BCUT2D eigenvalue weighted by Gasteiger charge is -2.10. The summed E-state index contributed by atoms with van der Waals surface area (Å²) in [5.74, 6) is -0.711. The summed E-state index contributed by atoms with van der Waals surface area (Å²) in [6.45, 7) is 3.90. The Bertz CT molecular complexity index is 920. The Morgan fingerprint density at radius 2 is 1.96 bits per heavy atom. The predicted molar refractivity (Wildman–Crippen MR) is 95.1 cm³/mol.